The molecule has 42 heavy (non-hydrogen) atoms. The first-order valence-electron chi connectivity index (χ1n) is 13.5. The van der Waals surface area contributed by atoms with Gasteiger partial charge in [-0.15, -0.1) is 0 Å². The molecule has 0 saturated carbocycles. The third-order valence-corrected chi connectivity index (χ3v) is 7.29. The third kappa shape index (κ3) is 7.10. The average molecular weight is 575 g/mol. The SMILES string of the molecule is Cc1ccc(OCC(=O)N2CCN(Cc3ccc4ccccc4n3)CC2)c2c1NC(=O)C2(C)C.O=C(O)C=CC(=O)O. The number of hydrogen-bond acceptors (Lipinski definition) is 7. The van der Waals surface area contributed by atoms with E-state index in [-0.39, 0.29) is 18.4 Å². The van der Waals surface area contributed by atoms with Crippen LogP contribution in [0.25, 0.3) is 10.9 Å². The van der Waals surface area contributed by atoms with E-state index in [2.05, 4.69) is 28.4 Å². The van der Waals surface area contributed by atoms with Gasteiger partial charge >= 0.3 is 11.9 Å². The number of carboxylic acid groups (broad SMARTS) is 2. The van der Waals surface area contributed by atoms with Crippen LogP contribution in [0.15, 0.2) is 60.7 Å². The van der Waals surface area contributed by atoms with Crippen LogP contribution in [0.1, 0.15) is 30.7 Å². The number of piperazine rings is 1. The number of carbonyl (C=O) groups is 4. The Kier molecular flexibility index (Phi) is 9.21. The van der Waals surface area contributed by atoms with Crippen LogP contribution in [-0.2, 0) is 31.1 Å². The molecule has 11 heteroatoms. The Balaban J connectivity index is 0.000000446. The molecule has 1 aromatic heterocycles. The number of para-hydroxylation sites is 1. The zero-order valence-electron chi connectivity index (χ0n) is 23.8. The maximum Gasteiger partial charge on any atom is 0.328 e. The van der Waals surface area contributed by atoms with Crippen LogP contribution < -0.4 is 10.1 Å². The lowest BCUT2D eigenvalue weighted by Crippen LogP contribution is -2.49. The van der Waals surface area contributed by atoms with Crippen LogP contribution in [-0.4, -0.2) is 81.5 Å². The fourth-order valence-corrected chi connectivity index (χ4v) is 4.93. The lowest BCUT2D eigenvalue weighted by atomic mass is 9.85. The zero-order chi connectivity index (χ0) is 30.4. The summed E-state index contributed by atoms with van der Waals surface area (Å²) in [6, 6.07) is 16.1. The summed E-state index contributed by atoms with van der Waals surface area (Å²) in [7, 11) is 0. The summed E-state index contributed by atoms with van der Waals surface area (Å²) >= 11 is 0. The molecule has 2 aliphatic rings. The minimum atomic E-state index is -1.26. The predicted octanol–water partition coefficient (Wildman–Crippen LogP) is 3.21. The summed E-state index contributed by atoms with van der Waals surface area (Å²) in [6.45, 7) is 9.37. The highest BCUT2D eigenvalue weighted by molar-refractivity contribution is 6.07. The molecule has 1 saturated heterocycles. The van der Waals surface area contributed by atoms with Gasteiger partial charge in [0.25, 0.3) is 5.91 Å². The van der Waals surface area contributed by atoms with Crippen LogP contribution in [0.2, 0.25) is 0 Å². The summed E-state index contributed by atoms with van der Waals surface area (Å²) in [5.41, 5.74) is 3.98. The van der Waals surface area contributed by atoms with Crippen molar-refractivity contribution in [3.05, 3.63) is 77.5 Å². The molecule has 3 heterocycles. The molecular weight excluding hydrogens is 540 g/mol. The van der Waals surface area contributed by atoms with Crippen molar-refractivity contribution in [1.29, 1.82) is 0 Å². The van der Waals surface area contributed by atoms with E-state index in [1.165, 1.54) is 0 Å². The standard InChI is InChI=1S/C27H30N4O3.C4H4O4/c1-18-8-11-22(24-25(18)29-26(33)27(24,2)3)34-17-23(32)31-14-12-30(13-15-31)16-20-10-9-19-6-4-5-7-21(19)28-20;5-3(6)1-2-4(7)8/h4-11H,12-17H2,1-3H3,(H,29,33);1-2H,(H,5,6)(H,7,8). The number of nitrogens with one attached hydrogen (secondary N) is 1. The minimum absolute atomic E-state index is 0.0344. The molecule has 0 aliphatic carbocycles. The van der Waals surface area contributed by atoms with Crippen molar-refractivity contribution >= 4 is 40.3 Å². The second-order valence-electron chi connectivity index (χ2n) is 10.7. The van der Waals surface area contributed by atoms with Crippen molar-refractivity contribution in [2.24, 2.45) is 0 Å². The Labute approximate surface area is 243 Å². The molecule has 3 aromatic rings. The second-order valence-corrected chi connectivity index (χ2v) is 10.7. The van der Waals surface area contributed by atoms with Gasteiger partial charge in [0.1, 0.15) is 5.75 Å². The maximum absolute atomic E-state index is 12.9. The van der Waals surface area contributed by atoms with Crippen molar-refractivity contribution < 1.29 is 34.1 Å². The Bertz CT molecular complexity index is 1530. The normalized spacial score (nSPS) is 16.0. The number of hydrogen-bond donors (Lipinski definition) is 3. The van der Waals surface area contributed by atoms with Gasteiger partial charge in [-0.2, -0.15) is 0 Å². The van der Waals surface area contributed by atoms with Gasteiger partial charge in [0.2, 0.25) is 5.91 Å². The number of pyridine rings is 1. The summed E-state index contributed by atoms with van der Waals surface area (Å²) in [5, 5.41) is 19.7. The van der Waals surface area contributed by atoms with E-state index >= 15 is 0 Å². The number of carboxylic acids is 2. The van der Waals surface area contributed by atoms with E-state index in [0.29, 0.717) is 31.0 Å². The van der Waals surface area contributed by atoms with E-state index in [4.69, 9.17) is 19.9 Å². The minimum Gasteiger partial charge on any atom is -0.483 e. The van der Waals surface area contributed by atoms with Crippen LogP contribution in [0.5, 0.6) is 5.75 Å². The van der Waals surface area contributed by atoms with Crippen molar-refractivity contribution in [3.8, 4) is 5.75 Å². The van der Waals surface area contributed by atoms with Gasteiger partial charge in [0, 0.05) is 55.8 Å². The number of rotatable bonds is 7. The second kappa shape index (κ2) is 12.8. The predicted molar refractivity (Wildman–Crippen MR) is 156 cm³/mol. The first kappa shape index (κ1) is 30.2. The summed E-state index contributed by atoms with van der Waals surface area (Å²) in [4.78, 5) is 53.3. The fraction of sp³-hybridized carbons (Fsp3) is 0.323. The number of anilines is 1. The largest absolute Gasteiger partial charge is 0.483 e. The summed E-state index contributed by atoms with van der Waals surface area (Å²) in [6.07, 6.45) is 1.12. The summed E-state index contributed by atoms with van der Waals surface area (Å²) in [5.74, 6) is -2.00. The molecular formula is C31H34N4O7. The quantitative estimate of drug-likeness (QED) is 0.362. The fourth-order valence-electron chi connectivity index (χ4n) is 4.93. The van der Waals surface area contributed by atoms with E-state index < -0.39 is 17.4 Å². The molecule has 0 radical (unpaired) electrons. The molecule has 0 spiro atoms. The Morgan fingerprint density at radius 1 is 0.976 bits per heavy atom. The topological polar surface area (TPSA) is 149 Å². The van der Waals surface area contributed by atoms with Gasteiger partial charge in [0.15, 0.2) is 6.61 Å². The number of fused-ring (bicyclic) bond motifs is 2. The first-order valence-corrected chi connectivity index (χ1v) is 13.5. The number of nitrogens with zero attached hydrogens (tertiary/aromatic N) is 3. The highest BCUT2D eigenvalue weighted by Gasteiger charge is 2.42. The van der Waals surface area contributed by atoms with Crippen molar-refractivity contribution in [3.63, 3.8) is 0 Å². The van der Waals surface area contributed by atoms with Gasteiger partial charge < -0.3 is 25.2 Å². The molecule has 0 unspecified atom stereocenters. The van der Waals surface area contributed by atoms with Crippen molar-refractivity contribution in [2.45, 2.75) is 32.7 Å². The number of ether oxygens (including phenoxy) is 1. The smallest absolute Gasteiger partial charge is 0.328 e. The van der Waals surface area contributed by atoms with Crippen LogP contribution in [0.3, 0.4) is 0 Å². The number of aromatic nitrogens is 1. The molecule has 2 aromatic carbocycles. The molecule has 3 N–H and O–H groups in total. The number of benzene rings is 2. The summed E-state index contributed by atoms with van der Waals surface area (Å²) < 4.78 is 5.96. The average Bonchev–Trinajstić information content (AvgIpc) is 3.21. The number of amides is 2. The molecule has 1 fully saturated rings. The molecule has 0 bridgehead atoms. The van der Waals surface area contributed by atoms with Crippen LogP contribution >= 0.6 is 0 Å². The molecule has 2 aliphatic heterocycles. The van der Waals surface area contributed by atoms with E-state index in [1.54, 1.807) is 0 Å². The first-order chi connectivity index (χ1) is 20.0. The Morgan fingerprint density at radius 2 is 1.64 bits per heavy atom. The Hall–Kier alpha value is -4.77. The van der Waals surface area contributed by atoms with E-state index in [1.807, 2.05) is 56.0 Å². The molecule has 11 nitrogen and oxygen atoms in total. The number of aryl methyl sites for hydroxylation is 1. The van der Waals surface area contributed by atoms with Crippen LogP contribution in [0, 0.1) is 6.92 Å². The van der Waals surface area contributed by atoms with Gasteiger partial charge in [-0.05, 0) is 44.5 Å². The highest BCUT2D eigenvalue weighted by atomic mass is 16.5. The third-order valence-electron chi connectivity index (χ3n) is 7.29. The molecule has 5 rings (SSSR count). The number of carbonyl (C=O) groups excluding carboxylic acids is 2. The molecule has 220 valence electrons. The lowest BCUT2D eigenvalue weighted by Gasteiger charge is -2.34. The van der Waals surface area contributed by atoms with Gasteiger partial charge in [-0.1, -0.05) is 30.3 Å². The van der Waals surface area contributed by atoms with Gasteiger partial charge in [0.05, 0.1) is 22.3 Å². The molecule has 0 atom stereocenters. The van der Waals surface area contributed by atoms with Crippen LogP contribution in [0.4, 0.5) is 5.69 Å². The van der Waals surface area contributed by atoms with E-state index in [0.717, 1.165) is 53.0 Å². The maximum atomic E-state index is 12.9. The van der Waals surface area contributed by atoms with Crippen molar-refractivity contribution in [1.82, 2.24) is 14.8 Å². The van der Waals surface area contributed by atoms with Gasteiger partial charge in [-0.25, -0.2) is 9.59 Å². The van der Waals surface area contributed by atoms with E-state index in [9.17, 15) is 19.2 Å². The monoisotopic (exact) mass is 574 g/mol. The zero-order valence-corrected chi connectivity index (χ0v) is 23.8. The van der Waals surface area contributed by atoms with Gasteiger partial charge in [-0.3, -0.25) is 19.5 Å². The van der Waals surface area contributed by atoms with Crippen molar-refractivity contribution in [2.75, 3.05) is 38.1 Å². The number of aliphatic carboxylic acids is 2. The highest BCUT2D eigenvalue weighted by Crippen LogP contribution is 2.44. The lowest BCUT2D eigenvalue weighted by molar-refractivity contribution is -0.135. The Morgan fingerprint density at radius 3 is 2.31 bits per heavy atom. The molecule has 2 amide bonds.